The number of carbonyl (C=O) groups excluding carboxylic acids is 1. The van der Waals surface area contributed by atoms with E-state index in [-0.39, 0.29) is 5.91 Å². The molecule has 0 saturated carbocycles. The summed E-state index contributed by atoms with van der Waals surface area (Å²) in [6, 6.07) is 18.2. The van der Waals surface area contributed by atoms with Gasteiger partial charge in [-0.3, -0.25) is 4.79 Å². The van der Waals surface area contributed by atoms with Crippen molar-refractivity contribution in [3.8, 4) is 0 Å². The van der Waals surface area contributed by atoms with E-state index in [0.717, 1.165) is 26.1 Å². The molecule has 0 N–H and O–H groups in total. The second-order valence-electron chi connectivity index (χ2n) is 6.95. The first-order valence-corrected chi connectivity index (χ1v) is 9.55. The normalized spacial score (nSPS) is 23.3. The van der Waals surface area contributed by atoms with E-state index in [1.807, 2.05) is 23.1 Å². The average molecular weight is 371 g/mol. The van der Waals surface area contributed by atoms with Gasteiger partial charge in [-0.25, -0.2) is 0 Å². The molecule has 2 aromatic rings. The Balaban J connectivity index is 1.53. The molecule has 2 atom stereocenters. The van der Waals surface area contributed by atoms with Crippen LogP contribution < -0.4 is 4.90 Å². The summed E-state index contributed by atoms with van der Waals surface area (Å²) in [5, 5.41) is 0.516. The molecule has 4 rings (SSSR count). The fourth-order valence-electron chi connectivity index (χ4n) is 4.09. The molecule has 136 valence electrons. The predicted octanol–water partition coefficient (Wildman–Crippen LogP) is 3.71. The summed E-state index contributed by atoms with van der Waals surface area (Å²) in [6.45, 7) is 3.76. The summed E-state index contributed by atoms with van der Waals surface area (Å²) < 4.78 is 5.87. The molecule has 0 spiro atoms. The first kappa shape index (κ1) is 17.4. The molecule has 2 saturated heterocycles. The zero-order chi connectivity index (χ0) is 17.9. The second kappa shape index (κ2) is 7.68. The van der Waals surface area contributed by atoms with E-state index in [2.05, 4.69) is 29.2 Å². The SMILES string of the molecule is O=C(c1ccccc1Cl)N1CC[C@H]2[C@@H](COCCN2c2ccccc2)C1. The van der Waals surface area contributed by atoms with Gasteiger partial charge >= 0.3 is 0 Å². The maximum absolute atomic E-state index is 12.9. The van der Waals surface area contributed by atoms with Crippen molar-refractivity contribution < 1.29 is 9.53 Å². The van der Waals surface area contributed by atoms with Crippen molar-refractivity contribution in [2.45, 2.75) is 12.5 Å². The van der Waals surface area contributed by atoms with Crippen molar-refractivity contribution in [1.82, 2.24) is 4.90 Å². The highest BCUT2D eigenvalue weighted by atomic mass is 35.5. The number of amides is 1. The van der Waals surface area contributed by atoms with Crippen molar-refractivity contribution in [3.05, 3.63) is 65.2 Å². The van der Waals surface area contributed by atoms with Crippen molar-refractivity contribution in [3.63, 3.8) is 0 Å². The number of fused-ring (bicyclic) bond motifs is 1. The summed E-state index contributed by atoms with van der Waals surface area (Å²) in [5.74, 6) is 0.322. The van der Waals surface area contributed by atoms with Crippen molar-refractivity contribution >= 4 is 23.2 Å². The number of benzene rings is 2. The molecule has 5 heteroatoms. The van der Waals surface area contributed by atoms with Crippen LogP contribution in [0.1, 0.15) is 16.8 Å². The molecule has 2 aromatic carbocycles. The van der Waals surface area contributed by atoms with E-state index >= 15 is 0 Å². The maximum atomic E-state index is 12.9. The van der Waals surface area contributed by atoms with Crippen LogP contribution in [-0.4, -0.2) is 49.7 Å². The van der Waals surface area contributed by atoms with Gasteiger partial charge in [0.25, 0.3) is 5.91 Å². The monoisotopic (exact) mass is 370 g/mol. The number of anilines is 1. The van der Waals surface area contributed by atoms with Gasteiger partial charge in [0.1, 0.15) is 0 Å². The maximum Gasteiger partial charge on any atom is 0.255 e. The minimum Gasteiger partial charge on any atom is -0.379 e. The summed E-state index contributed by atoms with van der Waals surface area (Å²) in [6.07, 6.45) is 0.944. The van der Waals surface area contributed by atoms with E-state index in [9.17, 15) is 4.79 Å². The Morgan fingerprint density at radius 2 is 1.81 bits per heavy atom. The van der Waals surface area contributed by atoms with Gasteiger partial charge in [0.2, 0.25) is 0 Å². The third-order valence-electron chi connectivity index (χ3n) is 5.38. The molecular formula is C21H23ClN2O2. The van der Waals surface area contributed by atoms with Gasteiger partial charge in [0, 0.05) is 37.3 Å². The summed E-state index contributed by atoms with van der Waals surface area (Å²) in [4.78, 5) is 17.3. The third kappa shape index (κ3) is 3.44. The van der Waals surface area contributed by atoms with Crippen LogP contribution in [0.2, 0.25) is 5.02 Å². The van der Waals surface area contributed by atoms with Gasteiger partial charge in [-0.05, 0) is 30.7 Å². The summed E-state index contributed by atoms with van der Waals surface area (Å²) in [7, 11) is 0. The smallest absolute Gasteiger partial charge is 0.255 e. The Kier molecular flexibility index (Phi) is 5.14. The fraction of sp³-hybridized carbons (Fsp3) is 0.381. The Hall–Kier alpha value is -2.04. The van der Waals surface area contributed by atoms with Crippen LogP contribution in [0.15, 0.2) is 54.6 Å². The van der Waals surface area contributed by atoms with Gasteiger partial charge in [0.15, 0.2) is 0 Å². The molecule has 0 aromatic heterocycles. The lowest BCUT2D eigenvalue weighted by Gasteiger charge is -2.43. The van der Waals surface area contributed by atoms with Crippen LogP contribution in [-0.2, 0) is 4.74 Å². The van der Waals surface area contributed by atoms with Gasteiger partial charge in [-0.2, -0.15) is 0 Å². The van der Waals surface area contributed by atoms with Crippen molar-refractivity contribution in [2.24, 2.45) is 5.92 Å². The minimum atomic E-state index is 0.0181. The van der Waals surface area contributed by atoms with Crippen molar-refractivity contribution in [2.75, 3.05) is 37.7 Å². The highest BCUT2D eigenvalue weighted by Gasteiger charge is 2.37. The van der Waals surface area contributed by atoms with Crippen molar-refractivity contribution in [1.29, 1.82) is 0 Å². The molecule has 0 aliphatic carbocycles. The lowest BCUT2D eigenvalue weighted by atomic mass is 9.90. The molecule has 2 aliphatic rings. The van der Waals surface area contributed by atoms with E-state index in [1.54, 1.807) is 12.1 Å². The van der Waals surface area contributed by atoms with E-state index < -0.39 is 0 Å². The lowest BCUT2D eigenvalue weighted by molar-refractivity contribution is 0.0521. The Bertz CT molecular complexity index is 768. The minimum absolute atomic E-state index is 0.0181. The number of hydrogen-bond donors (Lipinski definition) is 0. The van der Waals surface area contributed by atoms with Crippen LogP contribution in [0.5, 0.6) is 0 Å². The largest absolute Gasteiger partial charge is 0.379 e. The zero-order valence-corrected chi connectivity index (χ0v) is 15.4. The van der Waals surface area contributed by atoms with Crippen LogP contribution in [0.4, 0.5) is 5.69 Å². The fourth-order valence-corrected chi connectivity index (χ4v) is 4.30. The number of rotatable bonds is 2. The van der Waals surface area contributed by atoms with E-state index in [0.29, 0.717) is 35.7 Å². The molecule has 1 amide bonds. The number of hydrogen-bond acceptors (Lipinski definition) is 3. The molecule has 2 fully saturated rings. The molecule has 4 nitrogen and oxygen atoms in total. The molecular weight excluding hydrogens is 348 g/mol. The molecule has 0 bridgehead atoms. The summed E-state index contributed by atoms with van der Waals surface area (Å²) in [5.41, 5.74) is 1.82. The van der Waals surface area contributed by atoms with Crippen LogP contribution in [0, 0.1) is 5.92 Å². The Morgan fingerprint density at radius 1 is 1.04 bits per heavy atom. The number of likely N-dealkylation sites (tertiary alicyclic amines) is 1. The van der Waals surface area contributed by atoms with Crippen LogP contribution >= 0.6 is 11.6 Å². The van der Waals surface area contributed by atoms with Gasteiger partial charge in [-0.1, -0.05) is 41.9 Å². The molecule has 2 heterocycles. The second-order valence-corrected chi connectivity index (χ2v) is 7.36. The first-order valence-electron chi connectivity index (χ1n) is 9.17. The van der Waals surface area contributed by atoms with Crippen LogP contribution in [0.25, 0.3) is 0 Å². The highest BCUT2D eigenvalue weighted by Crippen LogP contribution is 2.30. The number of carbonyl (C=O) groups is 1. The van der Waals surface area contributed by atoms with Gasteiger partial charge in [-0.15, -0.1) is 0 Å². The number of para-hydroxylation sites is 1. The average Bonchev–Trinajstić information content (AvgIpc) is 2.90. The third-order valence-corrected chi connectivity index (χ3v) is 5.71. The highest BCUT2D eigenvalue weighted by molar-refractivity contribution is 6.33. The number of halogens is 1. The first-order chi connectivity index (χ1) is 12.7. The molecule has 0 unspecified atom stereocenters. The number of piperidine rings is 1. The quantitative estimate of drug-likeness (QED) is 0.808. The molecule has 0 radical (unpaired) electrons. The Morgan fingerprint density at radius 3 is 2.62 bits per heavy atom. The molecule has 2 aliphatic heterocycles. The molecule has 26 heavy (non-hydrogen) atoms. The standard InChI is InChI=1S/C21H23ClN2O2/c22-19-9-5-4-8-18(19)21(25)23-11-10-20-16(14-23)15-26-13-12-24(20)17-6-2-1-3-7-17/h1-9,16,20H,10-15H2/t16-,20+/m1/s1. The summed E-state index contributed by atoms with van der Waals surface area (Å²) >= 11 is 6.22. The lowest BCUT2D eigenvalue weighted by Crippen LogP contribution is -2.53. The van der Waals surface area contributed by atoms with E-state index in [4.69, 9.17) is 16.3 Å². The number of nitrogens with zero attached hydrogens (tertiary/aromatic N) is 2. The van der Waals surface area contributed by atoms with Gasteiger partial charge in [0.05, 0.1) is 23.8 Å². The predicted molar refractivity (Wildman–Crippen MR) is 104 cm³/mol. The van der Waals surface area contributed by atoms with E-state index in [1.165, 1.54) is 5.69 Å². The zero-order valence-electron chi connectivity index (χ0n) is 14.7. The van der Waals surface area contributed by atoms with Crippen LogP contribution in [0.3, 0.4) is 0 Å². The number of ether oxygens (including phenoxy) is 1. The topological polar surface area (TPSA) is 32.8 Å². The Labute approximate surface area is 159 Å². The van der Waals surface area contributed by atoms with Gasteiger partial charge < -0.3 is 14.5 Å².